The molecule has 2 fully saturated rings. The van der Waals surface area contributed by atoms with Crippen molar-refractivity contribution < 1.29 is 0 Å². The summed E-state index contributed by atoms with van der Waals surface area (Å²) in [5.41, 5.74) is 6.67. The summed E-state index contributed by atoms with van der Waals surface area (Å²) in [5.74, 6) is 1.44. The Morgan fingerprint density at radius 1 is 1.20 bits per heavy atom. The van der Waals surface area contributed by atoms with E-state index in [1.54, 1.807) is 0 Å². The van der Waals surface area contributed by atoms with Gasteiger partial charge in [0.25, 0.3) is 0 Å². The topological polar surface area (TPSA) is 32.5 Å². The van der Waals surface area contributed by atoms with Gasteiger partial charge in [0.15, 0.2) is 0 Å². The van der Waals surface area contributed by atoms with Crippen LogP contribution < -0.4 is 5.73 Å². The highest BCUT2D eigenvalue weighted by molar-refractivity contribution is 4.95. The summed E-state index contributed by atoms with van der Waals surface area (Å²) in [6, 6.07) is 1.15. The van der Waals surface area contributed by atoms with Gasteiger partial charge in [0.2, 0.25) is 0 Å². The fraction of sp³-hybridized carbons (Fsp3) is 1.00. The monoisotopic (exact) mass is 281 g/mol. The molecule has 0 amide bonds. The molecule has 1 aliphatic heterocycles. The molecule has 0 aromatic rings. The molecule has 20 heavy (non-hydrogen) atoms. The average Bonchev–Trinajstić information content (AvgIpc) is 2.42. The van der Waals surface area contributed by atoms with Crippen molar-refractivity contribution in [3.8, 4) is 0 Å². The first-order valence-electron chi connectivity index (χ1n) is 8.54. The average molecular weight is 281 g/mol. The molecule has 0 radical (unpaired) electrons. The van der Waals surface area contributed by atoms with Crippen LogP contribution in [0.25, 0.3) is 0 Å². The molecule has 4 unspecified atom stereocenters. The molecule has 0 bridgehead atoms. The Morgan fingerprint density at radius 2 is 1.90 bits per heavy atom. The Bertz CT molecular complexity index is 315. The number of hydrogen-bond acceptors (Lipinski definition) is 3. The predicted molar refractivity (Wildman–Crippen MR) is 86.8 cm³/mol. The van der Waals surface area contributed by atoms with Gasteiger partial charge < -0.3 is 15.5 Å². The minimum atomic E-state index is 0.378. The lowest BCUT2D eigenvalue weighted by Gasteiger charge is -2.49. The Morgan fingerprint density at radius 3 is 2.55 bits per heavy atom. The number of nitrogens with zero attached hydrogens (tertiary/aromatic N) is 2. The first-order valence-corrected chi connectivity index (χ1v) is 8.54. The van der Waals surface area contributed by atoms with Crippen molar-refractivity contribution in [1.29, 1.82) is 0 Å². The van der Waals surface area contributed by atoms with Crippen LogP contribution in [0.5, 0.6) is 0 Å². The van der Waals surface area contributed by atoms with Crippen molar-refractivity contribution in [2.24, 2.45) is 23.0 Å². The van der Waals surface area contributed by atoms with Gasteiger partial charge in [-0.15, -0.1) is 0 Å². The second-order valence-corrected chi connectivity index (χ2v) is 7.85. The number of piperazine rings is 1. The molecule has 0 spiro atoms. The van der Waals surface area contributed by atoms with Gasteiger partial charge in [-0.05, 0) is 43.6 Å². The third-order valence-corrected chi connectivity index (χ3v) is 6.53. The lowest BCUT2D eigenvalue weighted by molar-refractivity contribution is 0.00740. The second kappa shape index (κ2) is 6.33. The fourth-order valence-electron chi connectivity index (χ4n) is 4.19. The van der Waals surface area contributed by atoms with E-state index in [0.29, 0.717) is 17.4 Å². The minimum Gasteiger partial charge on any atom is -0.327 e. The molecule has 2 N–H and O–H groups in total. The molecular weight excluding hydrogens is 246 g/mol. The second-order valence-electron chi connectivity index (χ2n) is 7.85. The van der Waals surface area contributed by atoms with E-state index in [1.807, 2.05) is 0 Å². The maximum Gasteiger partial charge on any atom is 0.0218 e. The van der Waals surface area contributed by atoms with Crippen molar-refractivity contribution in [3.63, 3.8) is 0 Å². The van der Waals surface area contributed by atoms with E-state index in [-0.39, 0.29) is 0 Å². The summed E-state index contributed by atoms with van der Waals surface area (Å²) >= 11 is 0. The van der Waals surface area contributed by atoms with Crippen molar-refractivity contribution in [2.45, 2.75) is 59.0 Å². The zero-order chi connectivity index (χ0) is 14.9. The van der Waals surface area contributed by atoms with Crippen LogP contribution in [0, 0.1) is 17.3 Å². The van der Waals surface area contributed by atoms with E-state index in [9.17, 15) is 0 Å². The third-order valence-electron chi connectivity index (χ3n) is 6.53. The fourth-order valence-corrected chi connectivity index (χ4v) is 4.19. The summed E-state index contributed by atoms with van der Waals surface area (Å²) < 4.78 is 0. The first-order chi connectivity index (χ1) is 9.36. The predicted octanol–water partition coefficient (Wildman–Crippen LogP) is 2.41. The molecule has 0 aromatic heterocycles. The number of likely N-dealkylation sites (N-methyl/N-ethyl adjacent to an activating group) is 1. The van der Waals surface area contributed by atoms with Gasteiger partial charge in [-0.1, -0.05) is 27.7 Å². The van der Waals surface area contributed by atoms with Crippen LogP contribution in [0.15, 0.2) is 0 Å². The van der Waals surface area contributed by atoms with Crippen LogP contribution in [0.3, 0.4) is 0 Å². The van der Waals surface area contributed by atoms with E-state index < -0.39 is 0 Å². The molecule has 1 heterocycles. The van der Waals surface area contributed by atoms with E-state index in [4.69, 9.17) is 5.73 Å². The lowest BCUT2D eigenvalue weighted by atomic mass is 9.61. The van der Waals surface area contributed by atoms with Gasteiger partial charge in [0.05, 0.1) is 0 Å². The Hall–Kier alpha value is -0.120. The summed E-state index contributed by atoms with van der Waals surface area (Å²) in [4.78, 5) is 5.24. The molecule has 0 aromatic carbocycles. The van der Waals surface area contributed by atoms with Crippen LogP contribution >= 0.6 is 0 Å². The SMILES string of the molecule is CCC1CN(CC2CCC(N)C(C)C2(C)C)CCN1C. The molecule has 2 rings (SSSR count). The minimum absolute atomic E-state index is 0.378. The molecular formula is C17H35N3. The largest absolute Gasteiger partial charge is 0.327 e. The number of hydrogen-bond donors (Lipinski definition) is 1. The quantitative estimate of drug-likeness (QED) is 0.862. The van der Waals surface area contributed by atoms with Crippen LogP contribution in [-0.4, -0.2) is 55.1 Å². The van der Waals surface area contributed by atoms with Crippen molar-refractivity contribution in [1.82, 2.24) is 9.80 Å². The van der Waals surface area contributed by atoms with Gasteiger partial charge in [-0.2, -0.15) is 0 Å². The number of nitrogens with two attached hydrogens (primary N) is 1. The lowest BCUT2D eigenvalue weighted by Crippen LogP contribution is -2.55. The third kappa shape index (κ3) is 3.20. The highest BCUT2D eigenvalue weighted by atomic mass is 15.3. The normalized spacial score (nSPS) is 39.9. The number of rotatable bonds is 3. The summed E-state index contributed by atoms with van der Waals surface area (Å²) in [5, 5.41) is 0. The van der Waals surface area contributed by atoms with Crippen molar-refractivity contribution in [3.05, 3.63) is 0 Å². The molecule has 1 aliphatic carbocycles. The van der Waals surface area contributed by atoms with Gasteiger partial charge >= 0.3 is 0 Å². The highest BCUT2D eigenvalue weighted by Gasteiger charge is 2.42. The van der Waals surface area contributed by atoms with Crippen molar-refractivity contribution >= 4 is 0 Å². The molecule has 3 nitrogen and oxygen atoms in total. The maximum absolute atomic E-state index is 6.29. The molecule has 118 valence electrons. The van der Waals surface area contributed by atoms with Gasteiger partial charge in [0, 0.05) is 38.3 Å². The van der Waals surface area contributed by atoms with Gasteiger partial charge in [-0.3, -0.25) is 0 Å². The van der Waals surface area contributed by atoms with E-state index in [1.165, 1.54) is 45.4 Å². The Kier molecular flexibility index (Phi) is 5.14. The van der Waals surface area contributed by atoms with Crippen LogP contribution in [0.2, 0.25) is 0 Å². The Labute approximate surface area is 125 Å². The van der Waals surface area contributed by atoms with Gasteiger partial charge in [0.1, 0.15) is 0 Å². The van der Waals surface area contributed by atoms with E-state index in [2.05, 4.69) is 44.5 Å². The standard InChI is InChI=1S/C17H35N3/c1-6-15-12-20(10-9-19(15)5)11-14-7-8-16(18)13(2)17(14,3)4/h13-16H,6-12,18H2,1-5H3. The van der Waals surface area contributed by atoms with Crippen LogP contribution in [0.1, 0.15) is 47.0 Å². The Balaban J connectivity index is 1.96. The first kappa shape index (κ1) is 16.3. The summed E-state index contributed by atoms with van der Waals surface area (Å²) in [6.45, 7) is 14.5. The van der Waals surface area contributed by atoms with E-state index >= 15 is 0 Å². The molecule has 2 aliphatic rings. The maximum atomic E-state index is 6.29. The van der Waals surface area contributed by atoms with Gasteiger partial charge in [-0.25, -0.2) is 0 Å². The zero-order valence-corrected chi connectivity index (χ0v) is 14.2. The van der Waals surface area contributed by atoms with Crippen molar-refractivity contribution in [2.75, 3.05) is 33.2 Å². The smallest absolute Gasteiger partial charge is 0.0218 e. The molecule has 1 saturated heterocycles. The summed E-state index contributed by atoms with van der Waals surface area (Å²) in [6.07, 6.45) is 3.78. The van der Waals surface area contributed by atoms with Crippen LogP contribution in [0.4, 0.5) is 0 Å². The molecule has 1 saturated carbocycles. The zero-order valence-electron chi connectivity index (χ0n) is 14.2. The van der Waals surface area contributed by atoms with E-state index in [0.717, 1.165) is 12.0 Å². The molecule has 4 atom stereocenters. The summed E-state index contributed by atoms with van der Waals surface area (Å²) in [7, 11) is 2.27. The highest BCUT2D eigenvalue weighted by Crippen LogP contribution is 2.44. The molecule has 3 heteroatoms. The van der Waals surface area contributed by atoms with Crippen LogP contribution in [-0.2, 0) is 0 Å².